The number of likely N-dealkylation sites (tertiary alicyclic amines) is 2. The minimum Gasteiger partial charge on any atom is -0.404 e. The molecule has 0 radical (unpaired) electrons. The molecule has 2 aliphatic heterocycles. The van der Waals surface area contributed by atoms with Crippen molar-refractivity contribution in [3.8, 4) is 0 Å². The molecule has 8 nitrogen and oxygen atoms in total. The smallest absolute Gasteiger partial charge is 0.251 e. The Morgan fingerprint density at radius 2 is 1.73 bits per heavy atom. The van der Waals surface area contributed by atoms with Gasteiger partial charge in [-0.1, -0.05) is 48.6 Å². The molecule has 4 N–H and O–H groups in total. The van der Waals surface area contributed by atoms with Gasteiger partial charge in [0.05, 0.1) is 5.92 Å². The number of hydrogen-bond donors (Lipinski definition) is 3. The Kier molecular flexibility index (Phi) is 11.4. The van der Waals surface area contributed by atoms with Crippen LogP contribution in [0.25, 0.3) is 0 Å². The molecule has 2 fully saturated rings. The maximum atomic E-state index is 13.1. The van der Waals surface area contributed by atoms with Gasteiger partial charge in [0.25, 0.3) is 5.91 Å². The van der Waals surface area contributed by atoms with Crippen molar-refractivity contribution in [2.75, 3.05) is 32.7 Å². The summed E-state index contributed by atoms with van der Waals surface area (Å²) in [6.45, 7) is 6.81. The van der Waals surface area contributed by atoms with Gasteiger partial charge in [-0.25, -0.2) is 0 Å². The first kappa shape index (κ1) is 31.7. The van der Waals surface area contributed by atoms with Gasteiger partial charge in [0.2, 0.25) is 5.91 Å². The molecule has 3 aliphatic rings. The quantitative estimate of drug-likeness (QED) is 0.278. The summed E-state index contributed by atoms with van der Waals surface area (Å²) in [6, 6.07) is 14.2. The van der Waals surface area contributed by atoms with Gasteiger partial charge >= 0.3 is 0 Å². The Hall–Kier alpha value is -3.75. The topological polar surface area (TPSA) is 104 Å². The van der Waals surface area contributed by atoms with E-state index in [9.17, 15) is 9.59 Å². The summed E-state index contributed by atoms with van der Waals surface area (Å²) in [5.74, 6) is 0.431. The fraction of sp³-hybridized carbons (Fsp3) is 0.472. The first-order valence-electron chi connectivity index (χ1n) is 16.3. The molecule has 3 unspecified atom stereocenters. The normalized spacial score (nSPS) is 23.4. The Balaban J connectivity index is 1.00. The van der Waals surface area contributed by atoms with Crippen molar-refractivity contribution in [3.63, 3.8) is 0 Å². The van der Waals surface area contributed by atoms with E-state index in [1.807, 2.05) is 42.6 Å². The molecule has 234 valence electrons. The molecule has 1 aromatic heterocycles. The summed E-state index contributed by atoms with van der Waals surface area (Å²) in [5, 5.41) is 6.53. The molecule has 5 rings (SSSR count). The van der Waals surface area contributed by atoms with E-state index in [0.717, 1.165) is 76.8 Å². The second-order valence-electron chi connectivity index (χ2n) is 12.5. The molecule has 8 heteroatoms. The molecule has 2 aromatic rings. The Labute approximate surface area is 262 Å². The average molecular weight is 597 g/mol. The standard InChI is InChI=1S/C36H48N6O2/c1-27(42-21-16-34(17-22-42)39-35(43)29-7-3-2-4-8-29)12-13-28(24-37)26-41-19-14-33(15-20-41)40-36(44)31-10-5-9-30(23-31)32-11-6-18-38-25-32/h2-8,10-13,18,24-25,27,30-31,33-34H,9,14-17,19-23,26,37H2,1H3,(H,39,43)(H,40,44)/b13-12-,28-24+. The molecule has 3 heterocycles. The lowest BCUT2D eigenvalue weighted by Crippen LogP contribution is -2.47. The number of amides is 2. The van der Waals surface area contributed by atoms with Crippen LogP contribution in [0.15, 0.2) is 90.9 Å². The summed E-state index contributed by atoms with van der Waals surface area (Å²) < 4.78 is 0. The zero-order chi connectivity index (χ0) is 30.7. The fourth-order valence-electron chi connectivity index (χ4n) is 6.63. The van der Waals surface area contributed by atoms with E-state index in [-0.39, 0.29) is 29.8 Å². The van der Waals surface area contributed by atoms with Gasteiger partial charge in [0.1, 0.15) is 0 Å². The monoisotopic (exact) mass is 596 g/mol. The Bertz CT molecular complexity index is 1290. The number of carbonyl (C=O) groups excluding carboxylic acids is 2. The van der Waals surface area contributed by atoms with Crippen molar-refractivity contribution >= 4 is 11.8 Å². The molecule has 44 heavy (non-hydrogen) atoms. The molecular weight excluding hydrogens is 548 g/mol. The molecule has 0 spiro atoms. The van der Waals surface area contributed by atoms with Crippen LogP contribution in [0.2, 0.25) is 0 Å². The van der Waals surface area contributed by atoms with Crippen LogP contribution in [0.1, 0.15) is 67.3 Å². The van der Waals surface area contributed by atoms with Crippen LogP contribution in [-0.4, -0.2) is 77.4 Å². The average Bonchev–Trinajstić information content (AvgIpc) is 3.08. The Morgan fingerprint density at radius 3 is 2.43 bits per heavy atom. The van der Waals surface area contributed by atoms with Crippen LogP contribution >= 0.6 is 0 Å². The van der Waals surface area contributed by atoms with Crippen molar-refractivity contribution < 1.29 is 9.59 Å². The first-order valence-corrected chi connectivity index (χ1v) is 16.3. The van der Waals surface area contributed by atoms with Gasteiger partial charge in [-0.05, 0) is 86.9 Å². The van der Waals surface area contributed by atoms with Gasteiger partial charge in [-0.2, -0.15) is 0 Å². The van der Waals surface area contributed by atoms with E-state index in [4.69, 9.17) is 5.73 Å². The van der Waals surface area contributed by atoms with Crippen LogP contribution in [0.5, 0.6) is 0 Å². The van der Waals surface area contributed by atoms with E-state index >= 15 is 0 Å². The third-order valence-electron chi connectivity index (χ3n) is 9.44. The predicted molar refractivity (Wildman–Crippen MR) is 176 cm³/mol. The number of benzene rings is 1. The molecule has 0 bridgehead atoms. The maximum Gasteiger partial charge on any atom is 0.251 e. The number of rotatable bonds is 10. The minimum atomic E-state index is -0.0790. The summed E-state index contributed by atoms with van der Waals surface area (Å²) in [7, 11) is 0. The third-order valence-corrected chi connectivity index (χ3v) is 9.44. The zero-order valence-corrected chi connectivity index (χ0v) is 26.0. The van der Waals surface area contributed by atoms with E-state index in [0.29, 0.717) is 17.5 Å². The number of hydrogen-bond acceptors (Lipinski definition) is 6. The number of nitrogens with one attached hydrogen (secondary N) is 2. The summed E-state index contributed by atoms with van der Waals surface area (Å²) in [5.41, 5.74) is 9.07. The highest BCUT2D eigenvalue weighted by atomic mass is 16.2. The van der Waals surface area contributed by atoms with Gasteiger partial charge in [-0.15, -0.1) is 0 Å². The highest BCUT2D eigenvalue weighted by Crippen LogP contribution is 2.32. The summed E-state index contributed by atoms with van der Waals surface area (Å²) >= 11 is 0. The molecule has 2 saturated heterocycles. The maximum absolute atomic E-state index is 13.1. The number of piperidine rings is 2. The Morgan fingerprint density at radius 1 is 1.00 bits per heavy atom. The molecule has 1 aliphatic carbocycles. The van der Waals surface area contributed by atoms with Crippen molar-refractivity contribution in [2.24, 2.45) is 11.7 Å². The molecule has 0 saturated carbocycles. The lowest BCUT2D eigenvalue weighted by atomic mass is 9.82. The van der Waals surface area contributed by atoms with Crippen molar-refractivity contribution in [3.05, 3.63) is 102 Å². The van der Waals surface area contributed by atoms with Gasteiger partial charge in [0, 0.05) is 68.8 Å². The zero-order valence-electron chi connectivity index (χ0n) is 26.0. The van der Waals surface area contributed by atoms with E-state index in [1.165, 1.54) is 5.56 Å². The van der Waals surface area contributed by atoms with Crippen LogP contribution in [0.3, 0.4) is 0 Å². The number of nitrogens with zero attached hydrogens (tertiary/aromatic N) is 3. The lowest BCUT2D eigenvalue weighted by molar-refractivity contribution is -0.125. The number of pyridine rings is 1. The van der Waals surface area contributed by atoms with Gasteiger partial charge < -0.3 is 16.4 Å². The van der Waals surface area contributed by atoms with Crippen molar-refractivity contribution in [2.45, 2.75) is 69.5 Å². The number of nitrogens with two attached hydrogens (primary N) is 1. The summed E-state index contributed by atoms with van der Waals surface area (Å²) in [6.07, 6.45) is 19.7. The SMILES string of the molecule is CC(/C=C\C(=C/N)CN1CCC(NC(=O)C2C=CCC(c3cccnc3)C2)CC1)N1CCC(NC(=O)c2ccccc2)CC1. The van der Waals surface area contributed by atoms with Crippen molar-refractivity contribution in [1.82, 2.24) is 25.4 Å². The van der Waals surface area contributed by atoms with Gasteiger partial charge in [-0.3, -0.25) is 24.4 Å². The highest BCUT2D eigenvalue weighted by molar-refractivity contribution is 5.94. The van der Waals surface area contributed by atoms with E-state index in [1.54, 1.807) is 12.4 Å². The largest absolute Gasteiger partial charge is 0.404 e. The minimum absolute atomic E-state index is 0.0115. The predicted octanol–water partition coefficient (Wildman–Crippen LogP) is 4.39. The first-order chi connectivity index (χ1) is 21.5. The van der Waals surface area contributed by atoms with Crippen LogP contribution < -0.4 is 16.4 Å². The van der Waals surface area contributed by atoms with Crippen LogP contribution in [-0.2, 0) is 4.79 Å². The molecule has 1 aromatic carbocycles. The third kappa shape index (κ3) is 8.89. The fourth-order valence-corrected chi connectivity index (χ4v) is 6.63. The molecular formula is C36H48N6O2. The molecule has 3 atom stereocenters. The number of allylic oxidation sites excluding steroid dienone is 1. The van der Waals surface area contributed by atoms with Crippen molar-refractivity contribution in [1.29, 1.82) is 0 Å². The number of aromatic nitrogens is 1. The number of carbonyl (C=O) groups is 2. The van der Waals surface area contributed by atoms with E-state index < -0.39 is 0 Å². The summed E-state index contributed by atoms with van der Waals surface area (Å²) in [4.78, 5) is 34.8. The van der Waals surface area contributed by atoms with E-state index in [2.05, 4.69) is 62.7 Å². The molecule has 2 amide bonds. The van der Waals surface area contributed by atoms with Crippen LogP contribution in [0, 0.1) is 5.92 Å². The lowest BCUT2D eigenvalue weighted by Gasteiger charge is -2.35. The van der Waals surface area contributed by atoms with Crippen LogP contribution in [0.4, 0.5) is 0 Å². The second-order valence-corrected chi connectivity index (χ2v) is 12.5. The highest BCUT2D eigenvalue weighted by Gasteiger charge is 2.28. The van der Waals surface area contributed by atoms with Gasteiger partial charge in [0.15, 0.2) is 0 Å². The second kappa shape index (κ2) is 15.8.